The Balaban J connectivity index is 1.73. The van der Waals surface area contributed by atoms with E-state index in [9.17, 15) is 9.36 Å². The third-order valence-corrected chi connectivity index (χ3v) is 7.60. The van der Waals surface area contributed by atoms with Gasteiger partial charge in [-0.3, -0.25) is 9.69 Å². The number of methoxy groups -OCH3 is 1. The van der Waals surface area contributed by atoms with Crippen molar-refractivity contribution in [1.29, 1.82) is 0 Å². The monoisotopic (exact) mass is 496 g/mol. The van der Waals surface area contributed by atoms with E-state index in [4.69, 9.17) is 10.5 Å². The van der Waals surface area contributed by atoms with Gasteiger partial charge in [0.1, 0.15) is 18.7 Å². The van der Waals surface area contributed by atoms with Crippen LogP contribution >= 0.6 is 7.14 Å². The van der Waals surface area contributed by atoms with Crippen LogP contribution in [-0.4, -0.2) is 65.0 Å². The lowest BCUT2D eigenvalue weighted by atomic mass is 9.93. The standard InChI is InChI=1S/C23H29N8O3P/c1-13-15-12-16(17(34-3)11-14(15)8-10-31(13)2)26-23-28-22(19(20(24)32)29-30-23)27-21-18(35(4,5)33)7-6-9-25-21/h6-7,9,11-13H,8,10H2,1-5H3,(H2,24,32)(H2,25,26,27,28,30). The largest absolute Gasteiger partial charge is 0.495 e. The van der Waals surface area contributed by atoms with Gasteiger partial charge in [-0.05, 0) is 69.1 Å². The first-order chi connectivity index (χ1) is 16.6. The number of ether oxygens (including phenoxy) is 1. The highest BCUT2D eigenvalue weighted by atomic mass is 31.2. The lowest BCUT2D eigenvalue weighted by Crippen LogP contribution is -2.30. The van der Waals surface area contributed by atoms with Crippen LogP contribution in [0.25, 0.3) is 0 Å². The maximum atomic E-state index is 12.7. The highest BCUT2D eigenvalue weighted by Crippen LogP contribution is 2.38. The molecule has 2 aromatic heterocycles. The molecule has 1 amide bonds. The summed E-state index contributed by atoms with van der Waals surface area (Å²) in [5, 5.41) is 14.6. The number of nitrogens with two attached hydrogens (primary N) is 1. The number of hydrogen-bond acceptors (Lipinski definition) is 10. The van der Waals surface area contributed by atoms with Crippen LogP contribution < -0.4 is 26.4 Å². The second kappa shape index (κ2) is 9.59. The van der Waals surface area contributed by atoms with Crippen LogP contribution in [0.4, 0.5) is 23.3 Å². The second-order valence-electron chi connectivity index (χ2n) is 8.83. The zero-order valence-electron chi connectivity index (χ0n) is 20.4. The number of likely N-dealkylation sites (N-methyl/N-ethyl adjacent to an activating group) is 1. The van der Waals surface area contributed by atoms with E-state index in [0.29, 0.717) is 22.6 Å². The summed E-state index contributed by atoms with van der Waals surface area (Å²) in [6.07, 6.45) is 2.48. The number of rotatable bonds is 7. The molecule has 4 rings (SSSR count). The number of primary amides is 1. The summed E-state index contributed by atoms with van der Waals surface area (Å²) >= 11 is 0. The molecule has 0 saturated carbocycles. The highest BCUT2D eigenvalue weighted by molar-refractivity contribution is 7.70. The Morgan fingerprint density at radius 3 is 2.69 bits per heavy atom. The summed E-state index contributed by atoms with van der Waals surface area (Å²) in [5.74, 6) is 0.311. The van der Waals surface area contributed by atoms with Crippen LogP contribution in [0.1, 0.15) is 34.6 Å². The van der Waals surface area contributed by atoms with Crippen molar-refractivity contribution >= 4 is 41.6 Å². The van der Waals surface area contributed by atoms with Crippen molar-refractivity contribution in [3.63, 3.8) is 0 Å². The van der Waals surface area contributed by atoms with E-state index >= 15 is 0 Å². The molecule has 1 aliphatic heterocycles. The molecule has 11 nitrogen and oxygen atoms in total. The Bertz CT molecular complexity index is 1330. The minimum absolute atomic E-state index is 0.0495. The predicted molar refractivity (Wildman–Crippen MR) is 136 cm³/mol. The molecule has 0 saturated heterocycles. The molecular weight excluding hydrogens is 467 g/mol. The van der Waals surface area contributed by atoms with E-state index in [-0.39, 0.29) is 23.5 Å². The Morgan fingerprint density at radius 1 is 1.23 bits per heavy atom. The summed E-state index contributed by atoms with van der Waals surface area (Å²) < 4.78 is 18.3. The van der Waals surface area contributed by atoms with E-state index in [2.05, 4.69) is 49.7 Å². The zero-order valence-corrected chi connectivity index (χ0v) is 21.3. The lowest BCUT2D eigenvalue weighted by Gasteiger charge is -2.32. The van der Waals surface area contributed by atoms with E-state index in [1.54, 1.807) is 38.8 Å². The van der Waals surface area contributed by atoms with Crippen molar-refractivity contribution in [2.45, 2.75) is 19.4 Å². The number of carbonyl (C=O) groups excluding carboxylic acids is 1. The van der Waals surface area contributed by atoms with Crippen LogP contribution in [0.2, 0.25) is 0 Å². The Hall–Kier alpha value is -3.56. The first-order valence-corrected chi connectivity index (χ1v) is 13.7. The number of benzene rings is 1. The summed E-state index contributed by atoms with van der Waals surface area (Å²) in [4.78, 5) is 23.0. The van der Waals surface area contributed by atoms with Crippen LogP contribution in [0.15, 0.2) is 30.5 Å². The second-order valence-corrected chi connectivity index (χ2v) is 12.0. The van der Waals surface area contributed by atoms with Gasteiger partial charge in [0.2, 0.25) is 5.95 Å². The number of nitrogens with zero attached hydrogens (tertiary/aromatic N) is 5. The lowest BCUT2D eigenvalue weighted by molar-refractivity contribution is 0.0995. The Kier molecular flexibility index (Phi) is 6.73. The van der Waals surface area contributed by atoms with Gasteiger partial charge in [0.05, 0.1) is 18.1 Å². The fourth-order valence-electron chi connectivity index (χ4n) is 4.03. The van der Waals surface area contributed by atoms with Gasteiger partial charge in [0, 0.05) is 18.8 Å². The summed E-state index contributed by atoms with van der Waals surface area (Å²) in [6, 6.07) is 7.69. The normalized spacial score (nSPS) is 15.9. The van der Waals surface area contributed by atoms with Crippen LogP contribution in [0.3, 0.4) is 0 Å². The fourth-order valence-corrected chi connectivity index (χ4v) is 5.10. The number of nitrogens with one attached hydrogen (secondary N) is 2. The van der Waals surface area contributed by atoms with Gasteiger partial charge in [0.25, 0.3) is 5.91 Å². The molecule has 0 aliphatic carbocycles. The van der Waals surface area contributed by atoms with Gasteiger partial charge in [-0.1, -0.05) is 0 Å². The molecule has 0 bridgehead atoms. The molecule has 0 spiro atoms. The number of pyridine rings is 1. The molecule has 3 aromatic rings. The van der Waals surface area contributed by atoms with Crippen molar-refractivity contribution in [3.8, 4) is 5.75 Å². The smallest absolute Gasteiger partial charge is 0.273 e. The van der Waals surface area contributed by atoms with Gasteiger partial charge < -0.3 is 25.7 Å². The summed E-state index contributed by atoms with van der Waals surface area (Å²) in [5.41, 5.74) is 8.42. The molecule has 1 aliphatic rings. The van der Waals surface area contributed by atoms with Crippen molar-refractivity contribution in [3.05, 3.63) is 47.3 Å². The first kappa shape index (κ1) is 24.6. The van der Waals surface area contributed by atoms with Crippen molar-refractivity contribution in [1.82, 2.24) is 25.1 Å². The molecule has 35 heavy (non-hydrogen) atoms. The first-order valence-electron chi connectivity index (χ1n) is 11.1. The molecule has 184 valence electrons. The topological polar surface area (TPSA) is 148 Å². The quantitative estimate of drug-likeness (QED) is 0.417. The minimum atomic E-state index is -2.67. The average molecular weight is 497 g/mol. The van der Waals surface area contributed by atoms with Crippen molar-refractivity contribution in [2.75, 3.05) is 44.7 Å². The molecule has 0 fully saturated rings. The Labute approximate surface area is 203 Å². The molecule has 0 radical (unpaired) electrons. The third kappa shape index (κ3) is 5.11. The van der Waals surface area contributed by atoms with Gasteiger partial charge >= 0.3 is 0 Å². The van der Waals surface area contributed by atoms with Crippen molar-refractivity contribution in [2.24, 2.45) is 5.73 Å². The molecule has 4 N–H and O–H groups in total. The highest BCUT2D eigenvalue weighted by Gasteiger charge is 2.24. The minimum Gasteiger partial charge on any atom is -0.495 e. The van der Waals surface area contributed by atoms with E-state index < -0.39 is 13.0 Å². The molecule has 1 atom stereocenters. The van der Waals surface area contributed by atoms with Gasteiger partial charge in [0.15, 0.2) is 11.5 Å². The van der Waals surface area contributed by atoms with Gasteiger partial charge in [-0.2, -0.15) is 4.98 Å². The number of hydrogen-bond donors (Lipinski definition) is 3. The Morgan fingerprint density at radius 2 is 2.00 bits per heavy atom. The number of carbonyl (C=O) groups is 1. The summed E-state index contributed by atoms with van der Waals surface area (Å²) in [7, 11) is 1.02. The maximum absolute atomic E-state index is 12.7. The van der Waals surface area contributed by atoms with E-state index in [1.165, 1.54) is 11.1 Å². The number of anilines is 4. The van der Waals surface area contributed by atoms with Crippen molar-refractivity contribution < 1.29 is 14.1 Å². The van der Waals surface area contributed by atoms with Crippen LogP contribution in [0, 0.1) is 0 Å². The molecular formula is C23H29N8O3P. The predicted octanol–water partition coefficient (Wildman–Crippen LogP) is 2.66. The fraction of sp³-hybridized carbons (Fsp3) is 0.348. The molecule has 3 heterocycles. The third-order valence-electron chi connectivity index (χ3n) is 6.08. The van der Waals surface area contributed by atoms with E-state index in [1.807, 2.05) is 12.1 Å². The molecule has 1 aromatic carbocycles. The van der Waals surface area contributed by atoms with Crippen LogP contribution in [-0.2, 0) is 11.0 Å². The summed E-state index contributed by atoms with van der Waals surface area (Å²) in [6.45, 7) is 6.39. The molecule has 12 heteroatoms. The van der Waals surface area contributed by atoms with Crippen LogP contribution in [0.5, 0.6) is 5.75 Å². The number of amides is 1. The van der Waals surface area contributed by atoms with Gasteiger partial charge in [-0.15, -0.1) is 10.2 Å². The SMILES string of the molecule is COc1cc2c(cc1Nc1nnc(C(N)=O)c(Nc3ncccc3P(C)(C)=O)n1)C(C)N(C)CC2. The van der Waals surface area contributed by atoms with Gasteiger partial charge in [-0.25, -0.2) is 4.98 Å². The average Bonchev–Trinajstić information content (AvgIpc) is 2.81. The number of fused-ring (bicyclic) bond motifs is 1. The number of aromatic nitrogens is 4. The zero-order chi connectivity index (χ0) is 25.3. The maximum Gasteiger partial charge on any atom is 0.273 e. The molecule has 1 unspecified atom stereocenters. The van der Waals surface area contributed by atoms with E-state index in [0.717, 1.165) is 13.0 Å².